The van der Waals surface area contributed by atoms with E-state index in [4.69, 9.17) is 0 Å². The number of fused-ring (bicyclic) bond motifs is 2. The number of H-pyrrole nitrogens is 1. The van der Waals surface area contributed by atoms with Gasteiger partial charge >= 0.3 is 0 Å². The van der Waals surface area contributed by atoms with E-state index in [-0.39, 0.29) is 5.91 Å². The Bertz CT molecular complexity index is 1110. The van der Waals surface area contributed by atoms with E-state index in [2.05, 4.69) is 21.4 Å². The van der Waals surface area contributed by atoms with Gasteiger partial charge in [-0.1, -0.05) is 42.1 Å². The van der Waals surface area contributed by atoms with E-state index in [9.17, 15) is 4.79 Å². The maximum absolute atomic E-state index is 13.2. The Morgan fingerprint density at radius 3 is 2.93 bits per heavy atom. The number of aromatic nitrogens is 2. The van der Waals surface area contributed by atoms with Crippen molar-refractivity contribution in [1.29, 1.82) is 0 Å². The van der Waals surface area contributed by atoms with E-state index in [1.807, 2.05) is 53.4 Å². The van der Waals surface area contributed by atoms with Crippen LogP contribution in [0.1, 0.15) is 26.4 Å². The highest BCUT2D eigenvalue weighted by Crippen LogP contribution is 2.28. The Hall–Kier alpha value is -2.57. The zero-order valence-corrected chi connectivity index (χ0v) is 16.9. The lowest BCUT2D eigenvalue weighted by Gasteiger charge is -2.27. The van der Waals surface area contributed by atoms with Crippen LogP contribution < -0.4 is 0 Å². The van der Waals surface area contributed by atoms with Crippen LogP contribution in [0.5, 0.6) is 0 Å². The molecule has 140 valence electrons. The number of para-hydroxylation sites is 2. The number of hydrogen-bond acceptors (Lipinski definition) is 4. The molecule has 6 heteroatoms. The summed E-state index contributed by atoms with van der Waals surface area (Å²) < 4.78 is 0. The summed E-state index contributed by atoms with van der Waals surface area (Å²) in [5.41, 5.74) is 5.14. The first-order chi connectivity index (χ1) is 13.8. The molecule has 0 bridgehead atoms. The molecule has 1 aliphatic heterocycles. The highest BCUT2D eigenvalue weighted by Gasteiger charge is 2.24. The third kappa shape index (κ3) is 3.34. The molecule has 0 spiro atoms. The van der Waals surface area contributed by atoms with Gasteiger partial charge in [-0.05, 0) is 47.2 Å². The molecule has 1 aliphatic rings. The first-order valence-electron chi connectivity index (χ1n) is 9.28. The monoisotopic (exact) mass is 405 g/mol. The maximum atomic E-state index is 13.2. The number of nitrogens with one attached hydrogen (secondary N) is 1. The third-order valence-electron chi connectivity index (χ3n) is 5.07. The number of thiophene rings is 1. The zero-order chi connectivity index (χ0) is 18.9. The number of hydrogen-bond donors (Lipinski definition) is 1. The van der Waals surface area contributed by atoms with Gasteiger partial charge in [-0.25, -0.2) is 4.98 Å². The third-order valence-corrected chi connectivity index (χ3v) is 7.02. The summed E-state index contributed by atoms with van der Waals surface area (Å²) >= 11 is 3.43. The van der Waals surface area contributed by atoms with Crippen LogP contribution in [0.2, 0.25) is 0 Å². The van der Waals surface area contributed by atoms with Crippen LogP contribution in [0.15, 0.2) is 65.1 Å². The number of amides is 1. The number of carbonyl (C=O) groups is 1. The molecule has 0 saturated heterocycles. The lowest BCUT2D eigenvalue weighted by Crippen LogP contribution is -2.35. The summed E-state index contributed by atoms with van der Waals surface area (Å²) in [6, 6.07) is 18.1. The molecule has 0 radical (unpaired) electrons. The Balaban J connectivity index is 1.34. The Morgan fingerprint density at radius 2 is 2.00 bits per heavy atom. The quantitative estimate of drug-likeness (QED) is 0.480. The van der Waals surface area contributed by atoms with E-state index in [1.165, 1.54) is 10.4 Å². The molecule has 4 aromatic rings. The van der Waals surface area contributed by atoms with Crippen molar-refractivity contribution in [3.63, 3.8) is 0 Å². The van der Waals surface area contributed by atoms with Crippen molar-refractivity contribution in [1.82, 2.24) is 14.9 Å². The van der Waals surface area contributed by atoms with E-state index in [0.717, 1.165) is 40.3 Å². The van der Waals surface area contributed by atoms with Crippen molar-refractivity contribution < 1.29 is 4.79 Å². The predicted molar refractivity (Wildman–Crippen MR) is 115 cm³/mol. The van der Waals surface area contributed by atoms with Crippen LogP contribution >= 0.6 is 23.1 Å². The Labute approximate surface area is 171 Å². The molecule has 1 amide bonds. The van der Waals surface area contributed by atoms with Crippen molar-refractivity contribution in [2.24, 2.45) is 0 Å². The molecule has 1 N–H and O–H groups in total. The standard InChI is InChI=1S/C22H19N3OS2/c26-21(25-11-9-20-15(13-25)10-12-27-20)17-6-2-1-5-16(17)14-28-22-23-18-7-3-4-8-19(18)24-22/h1-8,10,12H,9,11,13-14H2,(H,23,24). The Kier molecular flexibility index (Phi) is 4.66. The van der Waals surface area contributed by atoms with Crippen molar-refractivity contribution in [3.8, 4) is 0 Å². The molecule has 3 heterocycles. The minimum atomic E-state index is 0.123. The van der Waals surface area contributed by atoms with Gasteiger partial charge in [0.1, 0.15) is 0 Å². The minimum absolute atomic E-state index is 0.123. The molecule has 0 fully saturated rings. The molecule has 5 rings (SSSR count). The van der Waals surface area contributed by atoms with Gasteiger partial charge in [0.05, 0.1) is 11.0 Å². The molecular formula is C22H19N3OS2. The number of aromatic amines is 1. The fourth-order valence-electron chi connectivity index (χ4n) is 3.59. The van der Waals surface area contributed by atoms with E-state index < -0.39 is 0 Å². The number of carbonyl (C=O) groups excluding carboxylic acids is 1. The van der Waals surface area contributed by atoms with E-state index in [0.29, 0.717) is 12.3 Å². The summed E-state index contributed by atoms with van der Waals surface area (Å²) in [5, 5.41) is 3.00. The number of imidazole rings is 1. The van der Waals surface area contributed by atoms with Crippen molar-refractivity contribution in [3.05, 3.63) is 81.5 Å². The molecular weight excluding hydrogens is 386 g/mol. The molecule has 0 atom stereocenters. The van der Waals surface area contributed by atoms with Crippen molar-refractivity contribution in [2.75, 3.05) is 6.54 Å². The predicted octanol–water partition coefficient (Wildman–Crippen LogP) is 5.12. The smallest absolute Gasteiger partial charge is 0.254 e. The van der Waals surface area contributed by atoms with Crippen molar-refractivity contribution >= 4 is 40.0 Å². The lowest BCUT2D eigenvalue weighted by atomic mass is 10.0. The summed E-state index contributed by atoms with van der Waals surface area (Å²) in [7, 11) is 0. The van der Waals surface area contributed by atoms with Gasteiger partial charge in [0.25, 0.3) is 5.91 Å². The fourth-order valence-corrected chi connectivity index (χ4v) is 5.37. The molecule has 4 nitrogen and oxygen atoms in total. The van der Waals surface area contributed by atoms with Crippen LogP contribution in [0.3, 0.4) is 0 Å². The van der Waals surface area contributed by atoms with Crippen LogP contribution in [0, 0.1) is 0 Å². The second-order valence-electron chi connectivity index (χ2n) is 6.85. The zero-order valence-electron chi connectivity index (χ0n) is 15.2. The molecule has 0 aliphatic carbocycles. The van der Waals surface area contributed by atoms with Crippen LogP contribution in [0.25, 0.3) is 11.0 Å². The highest BCUT2D eigenvalue weighted by molar-refractivity contribution is 7.98. The van der Waals surface area contributed by atoms with Gasteiger partial charge < -0.3 is 9.88 Å². The normalized spacial score (nSPS) is 13.6. The maximum Gasteiger partial charge on any atom is 0.254 e. The van der Waals surface area contributed by atoms with E-state index in [1.54, 1.807) is 23.1 Å². The van der Waals surface area contributed by atoms with Gasteiger partial charge in [0.2, 0.25) is 0 Å². The molecule has 0 unspecified atom stereocenters. The fraction of sp³-hybridized carbons (Fsp3) is 0.182. The SMILES string of the molecule is O=C(c1ccccc1CSc1nc2ccccc2[nH]1)N1CCc2sccc2C1. The number of rotatable bonds is 4. The number of nitrogens with zero attached hydrogens (tertiary/aromatic N) is 2. The second-order valence-corrected chi connectivity index (χ2v) is 8.82. The van der Waals surface area contributed by atoms with Gasteiger partial charge in [-0.15, -0.1) is 11.3 Å². The van der Waals surface area contributed by atoms with Crippen LogP contribution in [-0.4, -0.2) is 27.3 Å². The Morgan fingerprint density at radius 1 is 1.14 bits per heavy atom. The van der Waals surface area contributed by atoms with E-state index >= 15 is 0 Å². The summed E-state index contributed by atoms with van der Waals surface area (Å²) in [4.78, 5) is 24.6. The topological polar surface area (TPSA) is 49.0 Å². The minimum Gasteiger partial charge on any atom is -0.334 e. The van der Waals surface area contributed by atoms with Gasteiger partial charge in [0.15, 0.2) is 5.16 Å². The second kappa shape index (κ2) is 7.45. The number of thioether (sulfide) groups is 1. The van der Waals surface area contributed by atoms with Gasteiger partial charge in [-0.2, -0.15) is 0 Å². The first kappa shape index (κ1) is 17.5. The molecule has 2 aromatic carbocycles. The van der Waals surface area contributed by atoms with Crippen LogP contribution in [-0.2, 0) is 18.7 Å². The average Bonchev–Trinajstić information content (AvgIpc) is 3.37. The summed E-state index contributed by atoms with van der Waals surface area (Å²) in [6.07, 6.45) is 0.953. The summed E-state index contributed by atoms with van der Waals surface area (Å²) in [5.74, 6) is 0.830. The van der Waals surface area contributed by atoms with Crippen molar-refractivity contribution in [2.45, 2.75) is 23.9 Å². The molecule has 2 aromatic heterocycles. The van der Waals surface area contributed by atoms with Gasteiger partial charge in [-0.3, -0.25) is 4.79 Å². The van der Waals surface area contributed by atoms with Crippen LogP contribution in [0.4, 0.5) is 0 Å². The lowest BCUT2D eigenvalue weighted by molar-refractivity contribution is 0.0735. The molecule has 28 heavy (non-hydrogen) atoms. The first-order valence-corrected chi connectivity index (χ1v) is 11.1. The highest BCUT2D eigenvalue weighted by atomic mass is 32.2. The number of benzene rings is 2. The molecule has 0 saturated carbocycles. The average molecular weight is 406 g/mol. The largest absolute Gasteiger partial charge is 0.334 e. The summed E-state index contributed by atoms with van der Waals surface area (Å²) in [6.45, 7) is 1.50. The van der Waals surface area contributed by atoms with Gasteiger partial charge in [0, 0.05) is 29.3 Å².